The van der Waals surface area contributed by atoms with E-state index in [1.165, 1.54) is 0 Å². The summed E-state index contributed by atoms with van der Waals surface area (Å²) in [7, 11) is 0. The van der Waals surface area contributed by atoms with Crippen LogP contribution in [0.2, 0.25) is 5.02 Å². The Kier molecular flexibility index (Phi) is 5.65. The molecular formula is C15H19Cl2N3O. The maximum absolute atomic E-state index is 5.89. The van der Waals surface area contributed by atoms with Gasteiger partial charge in [-0.15, -0.1) is 12.4 Å². The first-order valence-corrected chi connectivity index (χ1v) is 7.26. The monoisotopic (exact) mass is 327 g/mol. The van der Waals surface area contributed by atoms with E-state index >= 15 is 0 Å². The van der Waals surface area contributed by atoms with Crippen LogP contribution in [-0.4, -0.2) is 35.7 Å². The summed E-state index contributed by atoms with van der Waals surface area (Å²) in [5.74, 6) is 0.906. The third kappa shape index (κ3) is 3.98. The van der Waals surface area contributed by atoms with Crippen molar-refractivity contribution in [2.45, 2.75) is 19.5 Å². The summed E-state index contributed by atoms with van der Waals surface area (Å²) in [5.41, 5.74) is 1.89. The van der Waals surface area contributed by atoms with Gasteiger partial charge in [0.25, 0.3) is 0 Å². The lowest BCUT2D eigenvalue weighted by Crippen LogP contribution is -2.49. The molecule has 1 aromatic heterocycles. The summed E-state index contributed by atoms with van der Waals surface area (Å²) in [6.45, 7) is 6.13. The Labute approximate surface area is 135 Å². The summed E-state index contributed by atoms with van der Waals surface area (Å²) in [5, 5.41) is 8.26. The van der Waals surface area contributed by atoms with Crippen molar-refractivity contribution in [2.75, 3.05) is 19.6 Å². The number of halogens is 2. The molecule has 1 aromatic carbocycles. The van der Waals surface area contributed by atoms with Gasteiger partial charge in [-0.1, -0.05) is 28.9 Å². The highest BCUT2D eigenvalue weighted by Crippen LogP contribution is 2.22. The predicted molar refractivity (Wildman–Crippen MR) is 86.9 cm³/mol. The third-order valence-corrected chi connectivity index (χ3v) is 3.95. The van der Waals surface area contributed by atoms with Gasteiger partial charge in [0, 0.05) is 42.3 Å². The Morgan fingerprint density at radius 2 is 2.14 bits per heavy atom. The highest BCUT2D eigenvalue weighted by Gasteiger charge is 2.19. The van der Waals surface area contributed by atoms with E-state index in [0.29, 0.717) is 6.04 Å². The topological polar surface area (TPSA) is 41.3 Å². The number of benzene rings is 1. The van der Waals surface area contributed by atoms with Crippen LogP contribution in [0, 0.1) is 0 Å². The first kappa shape index (κ1) is 16.3. The van der Waals surface area contributed by atoms with E-state index in [9.17, 15) is 0 Å². The van der Waals surface area contributed by atoms with Gasteiger partial charge in [-0.25, -0.2) is 0 Å². The number of rotatable bonds is 3. The van der Waals surface area contributed by atoms with Crippen molar-refractivity contribution < 1.29 is 4.52 Å². The molecule has 0 saturated carbocycles. The lowest BCUT2D eigenvalue weighted by atomic mass is 10.1. The van der Waals surface area contributed by atoms with Crippen molar-refractivity contribution in [3.05, 3.63) is 41.1 Å². The van der Waals surface area contributed by atoms with Crippen LogP contribution < -0.4 is 5.32 Å². The van der Waals surface area contributed by atoms with Gasteiger partial charge < -0.3 is 9.84 Å². The van der Waals surface area contributed by atoms with Gasteiger partial charge >= 0.3 is 0 Å². The molecule has 114 valence electrons. The third-order valence-electron chi connectivity index (χ3n) is 3.70. The van der Waals surface area contributed by atoms with Crippen molar-refractivity contribution in [3.63, 3.8) is 0 Å². The molecule has 1 aliphatic rings. The van der Waals surface area contributed by atoms with Gasteiger partial charge in [0.2, 0.25) is 0 Å². The van der Waals surface area contributed by atoms with Gasteiger partial charge in [-0.2, -0.15) is 0 Å². The molecule has 0 spiro atoms. The molecule has 1 N–H and O–H groups in total. The molecule has 2 heterocycles. The first-order valence-electron chi connectivity index (χ1n) is 6.88. The van der Waals surface area contributed by atoms with Crippen LogP contribution in [0.1, 0.15) is 12.7 Å². The average Bonchev–Trinajstić information content (AvgIpc) is 2.91. The number of hydrogen-bond donors (Lipinski definition) is 1. The minimum atomic E-state index is 0. The minimum Gasteiger partial charge on any atom is -0.359 e. The normalized spacial score (nSPS) is 19.2. The maximum atomic E-state index is 5.89. The molecule has 3 rings (SSSR count). The van der Waals surface area contributed by atoms with Crippen molar-refractivity contribution in [2.24, 2.45) is 0 Å². The van der Waals surface area contributed by atoms with E-state index < -0.39 is 0 Å². The number of nitrogens with zero attached hydrogens (tertiary/aromatic N) is 2. The lowest BCUT2D eigenvalue weighted by molar-refractivity contribution is 0.149. The number of aromatic nitrogens is 1. The summed E-state index contributed by atoms with van der Waals surface area (Å²) in [4.78, 5) is 2.41. The van der Waals surface area contributed by atoms with Gasteiger partial charge in [-0.05, 0) is 19.1 Å². The van der Waals surface area contributed by atoms with E-state index in [0.717, 1.165) is 48.2 Å². The average molecular weight is 328 g/mol. The molecule has 4 nitrogen and oxygen atoms in total. The predicted octanol–water partition coefficient (Wildman–Crippen LogP) is 3.21. The second kappa shape index (κ2) is 7.27. The molecule has 21 heavy (non-hydrogen) atoms. The van der Waals surface area contributed by atoms with Gasteiger partial charge in [-0.3, -0.25) is 4.90 Å². The van der Waals surface area contributed by atoms with Gasteiger partial charge in [0.15, 0.2) is 5.76 Å². The van der Waals surface area contributed by atoms with Crippen molar-refractivity contribution in [1.29, 1.82) is 0 Å². The highest BCUT2D eigenvalue weighted by atomic mass is 35.5. The number of piperazine rings is 1. The molecule has 0 amide bonds. The zero-order valence-corrected chi connectivity index (χ0v) is 13.5. The Bertz CT molecular complexity index is 571. The van der Waals surface area contributed by atoms with Crippen LogP contribution in [0.5, 0.6) is 0 Å². The van der Waals surface area contributed by atoms with Crippen LogP contribution in [-0.2, 0) is 6.54 Å². The SMILES string of the molecule is C[C@H]1CNCCN1Cc1cc(-c2ccc(Cl)cc2)no1.Cl. The van der Waals surface area contributed by atoms with Crippen LogP contribution in [0.4, 0.5) is 0 Å². The van der Waals surface area contributed by atoms with E-state index in [1.54, 1.807) is 0 Å². The summed E-state index contributed by atoms with van der Waals surface area (Å²) >= 11 is 5.89. The van der Waals surface area contributed by atoms with E-state index in [1.807, 2.05) is 30.3 Å². The second-order valence-electron chi connectivity index (χ2n) is 5.21. The van der Waals surface area contributed by atoms with Crippen molar-refractivity contribution >= 4 is 24.0 Å². The lowest BCUT2D eigenvalue weighted by Gasteiger charge is -2.32. The smallest absolute Gasteiger partial charge is 0.151 e. The molecule has 0 bridgehead atoms. The molecule has 1 aliphatic heterocycles. The number of hydrogen-bond acceptors (Lipinski definition) is 4. The Balaban J connectivity index is 0.00000161. The van der Waals surface area contributed by atoms with Crippen LogP contribution in [0.3, 0.4) is 0 Å². The standard InChI is InChI=1S/C15H18ClN3O.ClH/c1-11-9-17-6-7-19(11)10-14-8-15(18-20-14)12-2-4-13(16)5-3-12;/h2-5,8,11,17H,6-7,9-10H2,1H3;1H/t11-;/m0./s1. The maximum Gasteiger partial charge on any atom is 0.151 e. The molecule has 1 fully saturated rings. The Hall–Kier alpha value is -1.07. The van der Waals surface area contributed by atoms with Crippen LogP contribution in [0.25, 0.3) is 11.3 Å². The molecular weight excluding hydrogens is 309 g/mol. The summed E-state index contributed by atoms with van der Waals surface area (Å²) in [6, 6.07) is 10.2. The highest BCUT2D eigenvalue weighted by molar-refractivity contribution is 6.30. The molecule has 0 radical (unpaired) electrons. The van der Waals surface area contributed by atoms with E-state index in [2.05, 4.69) is 22.3 Å². The van der Waals surface area contributed by atoms with Crippen molar-refractivity contribution in [1.82, 2.24) is 15.4 Å². The molecule has 2 aromatic rings. The second-order valence-corrected chi connectivity index (χ2v) is 5.65. The summed E-state index contributed by atoms with van der Waals surface area (Å²) < 4.78 is 5.46. The van der Waals surface area contributed by atoms with Crippen molar-refractivity contribution in [3.8, 4) is 11.3 Å². The fraction of sp³-hybridized carbons (Fsp3) is 0.400. The zero-order chi connectivity index (χ0) is 13.9. The van der Waals surface area contributed by atoms with Gasteiger partial charge in [0.05, 0.1) is 6.54 Å². The molecule has 6 heteroatoms. The van der Waals surface area contributed by atoms with Crippen LogP contribution >= 0.6 is 24.0 Å². The molecule has 0 aliphatic carbocycles. The van der Waals surface area contributed by atoms with Gasteiger partial charge in [0.1, 0.15) is 5.69 Å². The number of nitrogens with one attached hydrogen (secondary N) is 1. The molecule has 1 saturated heterocycles. The summed E-state index contributed by atoms with van der Waals surface area (Å²) in [6.07, 6.45) is 0. The quantitative estimate of drug-likeness (QED) is 0.939. The molecule has 0 unspecified atom stereocenters. The largest absolute Gasteiger partial charge is 0.359 e. The minimum absolute atomic E-state index is 0. The fourth-order valence-corrected chi connectivity index (χ4v) is 2.59. The zero-order valence-electron chi connectivity index (χ0n) is 11.9. The van der Waals surface area contributed by atoms with Crippen LogP contribution in [0.15, 0.2) is 34.9 Å². The van der Waals surface area contributed by atoms with E-state index in [4.69, 9.17) is 16.1 Å². The molecule has 1 atom stereocenters. The first-order chi connectivity index (χ1) is 9.72. The Morgan fingerprint density at radius 1 is 1.38 bits per heavy atom. The van der Waals surface area contributed by atoms with E-state index in [-0.39, 0.29) is 12.4 Å². The Morgan fingerprint density at radius 3 is 2.86 bits per heavy atom. The fourth-order valence-electron chi connectivity index (χ4n) is 2.46.